The lowest BCUT2D eigenvalue weighted by molar-refractivity contribution is 1.00. The second kappa shape index (κ2) is 8.12. The Balaban J connectivity index is 1.77. The Morgan fingerprint density at radius 3 is 2.58 bits per heavy atom. The molecule has 0 aliphatic carbocycles. The Kier molecular flexibility index (Phi) is 5.87. The average molecular weight is 408 g/mol. The van der Waals surface area contributed by atoms with Crippen LogP contribution in [0.25, 0.3) is 11.3 Å². The number of aromatic nitrogens is 2. The van der Waals surface area contributed by atoms with Gasteiger partial charge in [0.1, 0.15) is 5.82 Å². The molecule has 0 saturated carbocycles. The molecule has 3 N–H and O–H groups in total. The highest BCUT2D eigenvalue weighted by Gasteiger charge is 2.09. The van der Waals surface area contributed by atoms with E-state index in [1.54, 1.807) is 6.07 Å². The van der Waals surface area contributed by atoms with E-state index in [1.807, 2.05) is 43.3 Å². The summed E-state index contributed by atoms with van der Waals surface area (Å²) in [5.74, 6) is 0.853. The topological polar surface area (TPSA) is 63.8 Å². The van der Waals surface area contributed by atoms with E-state index in [9.17, 15) is 0 Å². The van der Waals surface area contributed by atoms with Gasteiger partial charge in [-0.1, -0.05) is 53.0 Å². The van der Waals surface area contributed by atoms with E-state index < -0.39 is 0 Å². The molecular formula is C19H17Cl3N4. The van der Waals surface area contributed by atoms with Crippen molar-refractivity contribution in [2.75, 3.05) is 17.6 Å². The lowest BCUT2D eigenvalue weighted by atomic mass is 10.1. The van der Waals surface area contributed by atoms with Crippen LogP contribution in [0, 0.1) is 6.92 Å². The molecule has 0 saturated heterocycles. The van der Waals surface area contributed by atoms with E-state index in [-0.39, 0.29) is 5.95 Å². The van der Waals surface area contributed by atoms with Gasteiger partial charge in [-0.15, -0.1) is 0 Å². The minimum Gasteiger partial charge on any atom is -0.370 e. The molecule has 3 rings (SSSR count). The molecule has 0 radical (unpaired) electrons. The fourth-order valence-corrected chi connectivity index (χ4v) is 3.31. The van der Waals surface area contributed by atoms with Crippen molar-refractivity contribution >= 4 is 46.6 Å². The fourth-order valence-electron chi connectivity index (χ4n) is 2.63. The van der Waals surface area contributed by atoms with Gasteiger partial charge in [-0.2, -0.15) is 4.98 Å². The first-order valence-corrected chi connectivity index (χ1v) is 9.15. The van der Waals surface area contributed by atoms with Crippen LogP contribution >= 0.6 is 34.8 Å². The molecule has 0 bridgehead atoms. The second-order valence-electron chi connectivity index (χ2n) is 5.82. The predicted molar refractivity (Wildman–Crippen MR) is 110 cm³/mol. The molecule has 0 atom stereocenters. The molecule has 0 spiro atoms. The fraction of sp³-hybridized carbons (Fsp3) is 0.158. The number of hydrogen-bond donors (Lipinski definition) is 2. The van der Waals surface area contributed by atoms with Crippen LogP contribution in [-0.4, -0.2) is 16.5 Å². The average Bonchev–Trinajstić information content (AvgIpc) is 2.59. The van der Waals surface area contributed by atoms with Crippen LogP contribution in [0.3, 0.4) is 0 Å². The molecule has 1 heterocycles. The molecule has 3 aromatic rings. The number of halogens is 3. The van der Waals surface area contributed by atoms with E-state index in [0.29, 0.717) is 27.4 Å². The summed E-state index contributed by atoms with van der Waals surface area (Å²) in [6.07, 6.45) is 0.728. The van der Waals surface area contributed by atoms with Gasteiger partial charge in [0.25, 0.3) is 0 Å². The number of anilines is 2. The third kappa shape index (κ3) is 4.39. The maximum Gasteiger partial charge on any atom is 0.222 e. The van der Waals surface area contributed by atoms with Crippen LogP contribution < -0.4 is 11.1 Å². The van der Waals surface area contributed by atoms with Crippen LogP contribution in [0.1, 0.15) is 11.1 Å². The Bertz CT molecular complexity index is 944. The summed E-state index contributed by atoms with van der Waals surface area (Å²) in [7, 11) is 0. The van der Waals surface area contributed by atoms with E-state index >= 15 is 0 Å². The van der Waals surface area contributed by atoms with Crippen LogP contribution in [0.15, 0.2) is 42.5 Å². The molecule has 134 valence electrons. The van der Waals surface area contributed by atoms with Crippen molar-refractivity contribution in [2.45, 2.75) is 13.3 Å². The molecule has 0 amide bonds. The molecule has 7 heteroatoms. The number of hydrogen-bond acceptors (Lipinski definition) is 4. The van der Waals surface area contributed by atoms with Crippen LogP contribution in [0.4, 0.5) is 11.8 Å². The summed E-state index contributed by atoms with van der Waals surface area (Å²) >= 11 is 18.3. The molecule has 4 nitrogen and oxygen atoms in total. The van der Waals surface area contributed by atoms with Crippen LogP contribution in [-0.2, 0) is 6.42 Å². The van der Waals surface area contributed by atoms with Gasteiger partial charge in [0.05, 0.1) is 5.69 Å². The summed E-state index contributed by atoms with van der Waals surface area (Å²) in [6, 6.07) is 13.0. The highest BCUT2D eigenvalue weighted by molar-refractivity contribution is 6.35. The largest absolute Gasteiger partial charge is 0.370 e. The zero-order chi connectivity index (χ0) is 18.7. The first kappa shape index (κ1) is 18.8. The molecule has 2 aromatic carbocycles. The number of nitrogens with zero attached hydrogens (tertiary/aromatic N) is 2. The van der Waals surface area contributed by atoms with Crippen molar-refractivity contribution in [3.8, 4) is 11.3 Å². The van der Waals surface area contributed by atoms with Crippen LogP contribution in [0.5, 0.6) is 0 Å². The SMILES string of the molecule is Cc1c(Cl)cccc1-c1cc(NCCc2ccc(Cl)cc2Cl)nc(N)n1. The predicted octanol–water partition coefficient (Wildman–Crippen LogP) is 5.65. The smallest absolute Gasteiger partial charge is 0.222 e. The van der Waals surface area contributed by atoms with Crippen molar-refractivity contribution in [3.63, 3.8) is 0 Å². The van der Waals surface area contributed by atoms with Gasteiger partial charge in [0.2, 0.25) is 5.95 Å². The first-order chi connectivity index (χ1) is 12.4. The number of nitrogen functional groups attached to an aromatic ring is 1. The Morgan fingerprint density at radius 2 is 1.81 bits per heavy atom. The molecule has 0 unspecified atom stereocenters. The molecular weight excluding hydrogens is 391 g/mol. The van der Waals surface area contributed by atoms with Gasteiger partial charge < -0.3 is 11.1 Å². The van der Waals surface area contributed by atoms with Crippen LogP contribution in [0.2, 0.25) is 15.1 Å². The number of nitrogens with one attached hydrogen (secondary N) is 1. The van der Waals surface area contributed by atoms with Crippen molar-refractivity contribution in [1.29, 1.82) is 0 Å². The number of benzene rings is 2. The summed E-state index contributed by atoms with van der Waals surface area (Å²) < 4.78 is 0. The molecule has 0 fully saturated rings. The van der Waals surface area contributed by atoms with E-state index in [0.717, 1.165) is 28.8 Å². The van der Waals surface area contributed by atoms with Gasteiger partial charge in [0, 0.05) is 33.2 Å². The monoisotopic (exact) mass is 406 g/mol. The van der Waals surface area contributed by atoms with Gasteiger partial charge in [0.15, 0.2) is 0 Å². The summed E-state index contributed by atoms with van der Waals surface area (Å²) in [5.41, 5.74) is 9.49. The Labute approximate surface area is 167 Å². The molecule has 0 aliphatic rings. The van der Waals surface area contributed by atoms with Crippen molar-refractivity contribution in [3.05, 3.63) is 68.7 Å². The van der Waals surface area contributed by atoms with E-state index in [4.69, 9.17) is 40.5 Å². The molecule has 0 aliphatic heterocycles. The van der Waals surface area contributed by atoms with Gasteiger partial charge in [-0.3, -0.25) is 0 Å². The second-order valence-corrected chi connectivity index (χ2v) is 7.07. The van der Waals surface area contributed by atoms with Gasteiger partial charge >= 0.3 is 0 Å². The minimum absolute atomic E-state index is 0.203. The Hall–Kier alpha value is -2.01. The zero-order valence-electron chi connectivity index (χ0n) is 14.1. The maximum absolute atomic E-state index is 6.21. The third-order valence-electron chi connectivity index (χ3n) is 4.00. The summed E-state index contributed by atoms with van der Waals surface area (Å²) in [5, 5.41) is 5.22. The normalized spacial score (nSPS) is 10.8. The molecule has 26 heavy (non-hydrogen) atoms. The lowest BCUT2D eigenvalue weighted by Gasteiger charge is -2.11. The van der Waals surface area contributed by atoms with Crippen molar-refractivity contribution in [2.24, 2.45) is 0 Å². The number of nitrogens with two attached hydrogens (primary N) is 1. The van der Waals surface area contributed by atoms with Gasteiger partial charge in [-0.25, -0.2) is 4.98 Å². The first-order valence-electron chi connectivity index (χ1n) is 8.02. The van der Waals surface area contributed by atoms with E-state index in [1.165, 1.54) is 0 Å². The summed E-state index contributed by atoms with van der Waals surface area (Å²) in [6.45, 7) is 2.59. The quantitative estimate of drug-likeness (QED) is 0.573. The Morgan fingerprint density at radius 1 is 1.00 bits per heavy atom. The minimum atomic E-state index is 0.203. The van der Waals surface area contributed by atoms with Gasteiger partial charge in [-0.05, 0) is 42.7 Å². The summed E-state index contributed by atoms with van der Waals surface area (Å²) in [4.78, 5) is 8.58. The molecule has 1 aromatic heterocycles. The van der Waals surface area contributed by atoms with Crippen molar-refractivity contribution in [1.82, 2.24) is 9.97 Å². The van der Waals surface area contributed by atoms with E-state index in [2.05, 4.69) is 15.3 Å². The highest BCUT2D eigenvalue weighted by atomic mass is 35.5. The third-order valence-corrected chi connectivity index (χ3v) is 5.00. The lowest BCUT2D eigenvalue weighted by Crippen LogP contribution is -2.09. The standard InChI is InChI=1S/C19H17Cl3N4/c1-11-14(3-2-4-15(11)21)17-10-18(26-19(23)25-17)24-8-7-12-5-6-13(20)9-16(12)22/h2-6,9-10H,7-8H2,1H3,(H3,23,24,25,26). The zero-order valence-corrected chi connectivity index (χ0v) is 16.3. The highest BCUT2D eigenvalue weighted by Crippen LogP contribution is 2.28. The number of rotatable bonds is 5. The maximum atomic E-state index is 6.21. The van der Waals surface area contributed by atoms with Crippen molar-refractivity contribution < 1.29 is 0 Å².